The quantitative estimate of drug-likeness (QED) is 0.817. The third-order valence-corrected chi connectivity index (χ3v) is 3.57. The highest BCUT2D eigenvalue weighted by Crippen LogP contribution is 2.29. The molecule has 0 saturated carbocycles. The largest absolute Gasteiger partial charge is 0.416 e. The van der Waals surface area contributed by atoms with Gasteiger partial charge in [0.05, 0.1) is 12.1 Å². The molecule has 0 heterocycles. The Hall–Kier alpha value is -2.21. The summed E-state index contributed by atoms with van der Waals surface area (Å²) in [6.45, 7) is 0.459. The standard InChI is InChI=1S/C17H16ClF3N2O/c18-14-5-1-12(2-6-14)9-10-22-16(24)11-23-15-7-3-13(4-8-15)17(19,20)21/h1-8,23H,9-11H2,(H,22,24). The van der Waals surface area contributed by atoms with E-state index < -0.39 is 11.7 Å². The van der Waals surface area contributed by atoms with Crippen molar-refractivity contribution in [1.82, 2.24) is 5.32 Å². The third kappa shape index (κ3) is 5.77. The van der Waals surface area contributed by atoms with Crippen LogP contribution in [0.4, 0.5) is 18.9 Å². The molecule has 24 heavy (non-hydrogen) atoms. The van der Waals surface area contributed by atoms with Crippen LogP contribution in [0, 0.1) is 0 Å². The Balaban J connectivity index is 1.72. The second-order valence-corrected chi connectivity index (χ2v) is 5.59. The van der Waals surface area contributed by atoms with E-state index in [1.807, 2.05) is 12.1 Å². The second-order valence-electron chi connectivity index (χ2n) is 5.16. The molecule has 0 bridgehead atoms. The predicted molar refractivity (Wildman–Crippen MR) is 88.1 cm³/mol. The smallest absolute Gasteiger partial charge is 0.376 e. The van der Waals surface area contributed by atoms with Gasteiger partial charge in [-0.1, -0.05) is 23.7 Å². The number of rotatable bonds is 6. The van der Waals surface area contributed by atoms with Crippen LogP contribution in [0.1, 0.15) is 11.1 Å². The van der Waals surface area contributed by atoms with E-state index in [1.54, 1.807) is 12.1 Å². The second kappa shape index (κ2) is 8.06. The van der Waals surface area contributed by atoms with Crippen molar-refractivity contribution >= 4 is 23.2 Å². The first-order chi connectivity index (χ1) is 11.3. The summed E-state index contributed by atoms with van der Waals surface area (Å²) < 4.78 is 37.3. The van der Waals surface area contributed by atoms with Crippen LogP contribution in [0.15, 0.2) is 48.5 Å². The third-order valence-electron chi connectivity index (χ3n) is 3.31. The van der Waals surface area contributed by atoms with Crippen molar-refractivity contribution in [2.45, 2.75) is 12.6 Å². The fourth-order valence-corrected chi connectivity index (χ4v) is 2.15. The van der Waals surface area contributed by atoms with Crippen LogP contribution in [0.25, 0.3) is 0 Å². The summed E-state index contributed by atoms with van der Waals surface area (Å²) in [5.41, 5.74) is 0.784. The van der Waals surface area contributed by atoms with Gasteiger partial charge in [-0.15, -0.1) is 0 Å². The zero-order valence-electron chi connectivity index (χ0n) is 12.7. The molecule has 0 aliphatic carbocycles. The molecule has 2 aromatic carbocycles. The van der Waals surface area contributed by atoms with Crippen molar-refractivity contribution in [2.24, 2.45) is 0 Å². The summed E-state index contributed by atoms with van der Waals surface area (Å²) in [5, 5.41) is 6.18. The van der Waals surface area contributed by atoms with Crippen molar-refractivity contribution in [3.05, 3.63) is 64.7 Å². The molecule has 0 aromatic heterocycles. The highest BCUT2D eigenvalue weighted by Gasteiger charge is 2.29. The lowest BCUT2D eigenvalue weighted by Gasteiger charge is -2.10. The number of nitrogens with one attached hydrogen (secondary N) is 2. The summed E-state index contributed by atoms with van der Waals surface area (Å²) in [4.78, 5) is 11.7. The zero-order valence-corrected chi connectivity index (χ0v) is 13.4. The SMILES string of the molecule is O=C(CNc1ccc(C(F)(F)F)cc1)NCCc1ccc(Cl)cc1. The summed E-state index contributed by atoms with van der Waals surface area (Å²) in [5.74, 6) is -0.233. The number of hydrogen-bond donors (Lipinski definition) is 2. The molecule has 2 N–H and O–H groups in total. The maximum atomic E-state index is 12.4. The van der Waals surface area contributed by atoms with E-state index in [9.17, 15) is 18.0 Å². The van der Waals surface area contributed by atoms with Gasteiger partial charge < -0.3 is 10.6 Å². The number of anilines is 1. The highest BCUT2D eigenvalue weighted by atomic mass is 35.5. The van der Waals surface area contributed by atoms with Gasteiger partial charge in [-0.25, -0.2) is 0 Å². The molecule has 128 valence electrons. The molecular formula is C17H16ClF3N2O. The van der Waals surface area contributed by atoms with Crippen LogP contribution < -0.4 is 10.6 Å². The van der Waals surface area contributed by atoms with E-state index in [0.29, 0.717) is 23.7 Å². The fraction of sp³-hybridized carbons (Fsp3) is 0.235. The van der Waals surface area contributed by atoms with Crippen molar-refractivity contribution < 1.29 is 18.0 Å². The van der Waals surface area contributed by atoms with Gasteiger partial charge in [-0.3, -0.25) is 4.79 Å². The first kappa shape index (κ1) is 18.1. The molecule has 0 fully saturated rings. The minimum absolute atomic E-state index is 0.00795. The van der Waals surface area contributed by atoms with E-state index in [2.05, 4.69) is 10.6 Å². The summed E-state index contributed by atoms with van der Waals surface area (Å²) in [7, 11) is 0. The van der Waals surface area contributed by atoms with Gasteiger partial charge in [0.2, 0.25) is 5.91 Å². The lowest BCUT2D eigenvalue weighted by Crippen LogP contribution is -2.31. The molecule has 2 rings (SSSR count). The van der Waals surface area contributed by atoms with Crippen molar-refractivity contribution in [1.29, 1.82) is 0 Å². The number of amides is 1. The molecule has 7 heteroatoms. The summed E-state index contributed by atoms with van der Waals surface area (Å²) in [6, 6.07) is 11.9. The highest BCUT2D eigenvalue weighted by molar-refractivity contribution is 6.30. The average Bonchev–Trinajstić information content (AvgIpc) is 2.54. The Bertz CT molecular complexity index is 670. The van der Waals surface area contributed by atoms with Gasteiger partial charge >= 0.3 is 6.18 Å². The number of carbonyl (C=O) groups excluding carboxylic acids is 1. The predicted octanol–water partition coefficient (Wildman–Crippen LogP) is 4.13. The van der Waals surface area contributed by atoms with Gasteiger partial charge in [0.25, 0.3) is 0 Å². The summed E-state index contributed by atoms with van der Waals surface area (Å²) >= 11 is 5.79. The molecule has 0 radical (unpaired) electrons. The number of alkyl halides is 3. The Morgan fingerprint density at radius 3 is 2.21 bits per heavy atom. The normalized spacial score (nSPS) is 11.2. The molecule has 0 aliphatic rings. The van der Waals surface area contributed by atoms with Gasteiger partial charge in [0, 0.05) is 17.3 Å². The molecular weight excluding hydrogens is 341 g/mol. The van der Waals surface area contributed by atoms with Gasteiger partial charge in [0.15, 0.2) is 0 Å². The Morgan fingerprint density at radius 2 is 1.62 bits per heavy atom. The first-order valence-electron chi connectivity index (χ1n) is 7.27. The molecule has 0 atom stereocenters. The van der Waals surface area contributed by atoms with Crippen LogP contribution in [0.2, 0.25) is 5.02 Å². The van der Waals surface area contributed by atoms with Crippen molar-refractivity contribution in [2.75, 3.05) is 18.4 Å². The topological polar surface area (TPSA) is 41.1 Å². The number of benzene rings is 2. The molecule has 1 amide bonds. The minimum atomic E-state index is -4.36. The number of hydrogen-bond acceptors (Lipinski definition) is 2. The molecule has 0 aliphatic heterocycles. The maximum absolute atomic E-state index is 12.4. The van der Waals surface area contributed by atoms with E-state index in [4.69, 9.17) is 11.6 Å². The molecule has 2 aromatic rings. The maximum Gasteiger partial charge on any atom is 0.416 e. The van der Waals surface area contributed by atoms with E-state index in [0.717, 1.165) is 17.7 Å². The van der Waals surface area contributed by atoms with Crippen LogP contribution in [0.3, 0.4) is 0 Å². The average molecular weight is 357 g/mol. The molecule has 0 spiro atoms. The minimum Gasteiger partial charge on any atom is -0.376 e. The first-order valence-corrected chi connectivity index (χ1v) is 7.64. The van der Waals surface area contributed by atoms with Gasteiger partial charge in [-0.2, -0.15) is 13.2 Å². The monoisotopic (exact) mass is 356 g/mol. The van der Waals surface area contributed by atoms with Crippen molar-refractivity contribution in [3.8, 4) is 0 Å². The van der Waals surface area contributed by atoms with Crippen LogP contribution >= 0.6 is 11.6 Å². The number of halogens is 4. The van der Waals surface area contributed by atoms with Gasteiger partial charge in [0.1, 0.15) is 0 Å². The van der Waals surface area contributed by atoms with Crippen molar-refractivity contribution in [3.63, 3.8) is 0 Å². The zero-order chi connectivity index (χ0) is 17.6. The van der Waals surface area contributed by atoms with E-state index in [-0.39, 0.29) is 12.5 Å². The fourth-order valence-electron chi connectivity index (χ4n) is 2.02. The molecule has 0 saturated heterocycles. The van der Waals surface area contributed by atoms with Gasteiger partial charge in [-0.05, 0) is 48.4 Å². The number of carbonyl (C=O) groups is 1. The van der Waals surface area contributed by atoms with Crippen LogP contribution in [0.5, 0.6) is 0 Å². The lowest BCUT2D eigenvalue weighted by atomic mass is 10.1. The van der Waals surface area contributed by atoms with Crippen LogP contribution in [-0.4, -0.2) is 19.0 Å². The molecule has 3 nitrogen and oxygen atoms in total. The van der Waals surface area contributed by atoms with Crippen LogP contribution in [-0.2, 0) is 17.4 Å². The van der Waals surface area contributed by atoms with E-state index in [1.165, 1.54) is 12.1 Å². The lowest BCUT2D eigenvalue weighted by molar-refractivity contribution is -0.137. The Labute approximate surface area is 142 Å². The summed E-state index contributed by atoms with van der Waals surface area (Å²) in [6.07, 6.45) is -3.69. The Morgan fingerprint density at radius 1 is 1.00 bits per heavy atom. The van der Waals surface area contributed by atoms with E-state index >= 15 is 0 Å². The Kier molecular flexibility index (Phi) is 6.09. The molecule has 0 unspecified atom stereocenters.